The van der Waals surface area contributed by atoms with Crippen LogP contribution in [0.2, 0.25) is 0 Å². The van der Waals surface area contributed by atoms with Gasteiger partial charge in [-0.05, 0) is 51.5 Å². The number of aliphatic carboxylic acids is 1. The maximum atomic E-state index is 12.9. The largest absolute Gasteiger partial charge is 0.481 e. The van der Waals surface area contributed by atoms with Crippen molar-refractivity contribution < 1.29 is 24.2 Å². The number of ether oxygens (including phenoxy) is 1. The van der Waals surface area contributed by atoms with E-state index in [1.165, 1.54) is 18.4 Å². The minimum atomic E-state index is -0.959. The van der Waals surface area contributed by atoms with E-state index < -0.39 is 23.8 Å². The summed E-state index contributed by atoms with van der Waals surface area (Å²) in [6.07, 6.45) is 3.49. The first-order valence-corrected chi connectivity index (χ1v) is 9.56. The topological polar surface area (TPSA) is 92.7 Å². The summed E-state index contributed by atoms with van der Waals surface area (Å²) in [5, 5.41) is 12.9. The highest BCUT2D eigenvalue weighted by Crippen LogP contribution is 2.41. The number of esters is 1. The van der Waals surface area contributed by atoms with E-state index in [0.29, 0.717) is 23.4 Å². The predicted octanol–water partition coefficient (Wildman–Crippen LogP) is 3.41. The zero-order valence-electron chi connectivity index (χ0n) is 15.2. The number of thiophene rings is 1. The molecule has 0 radical (unpaired) electrons. The third-order valence-corrected chi connectivity index (χ3v) is 6.68. The molecule has 0 unspecified atom stereocenters. The number of nitrogens with one attached hydrogen (secondary N) is 1. The third-order valence-electron chi connectivity index (χ3n) is 5.47. The Morgan fingerprint density at radius 1 is 1.12 bits per heavy atom. The molecule has 0 aromatic carbocycles. The van der Waals surface area contributed by atoms with E-state index in [9.17, 15) is 19.5 Å². The van der Waals surface area contributed by atoms with Crippen LogP contribution in [0.15, 0.2) is 11.1 Å². The molecule has 6 nitrogen and oxygen atoms in total. The van der Waals surface area contributed by atoms with Gasteiger partial charge >= 0.3 is 11.9 Å². The molecule has 0 fully saturated rings. The highest BCUT2D eigenvalue weighted by atomic mass is 32.1. The second kappa shape index (κ2) is 7.23. The molecule has 0 bridgehead atoms. The van der Waals surface area contributed by atoms with Crippen molar-refractivity contribution in [2.45, 2.75) is 46.0 Å². The van der Waals surface area contributed by atoms with Crippen LogP contribution in [-0.4, -0.2) is 30.1 Å². The molecule has 3 rings (SSSR count). The Hall–Kier alpha value is -2.15. The normalized spacial score (nSPS) is 22.1. The highest BCUT2D eigenvalue weighted by Gasteiger charge is 2.38. The fourth-order valence-corrected chi connectivity index (χ4v) is 5.12. The number of rotatable bonds is 4. The number of hydrogen-bond acceptors (Lipinski definition) is 5. The van der Waals surface area contributed by atoms with Crippen molar-refractivity contribution in [3.8, 4) is 0 Å². The number of anilines is 1. The Balaban J connectivity index is 1.88. The summed E-state index contributed by atoms with van der Waals surface area (Å²) >= 11 is 1.40. The number of carboxylic acid groups (broad SMARTS) is 1. The molecule has 26 heavy (non-hydrogen) atoms. The second-order valence-electron chi connectivity index (χ2n) is 7.06. The number of carbonyl (C=O) groups is 3. The molecule has 1 heterocycles. The predicted molar refractivity (Wildman–Crippen MR) is 98.5 cm³/mol. The first kappa shape index (κ1) is 18.6. The maximum Gasteiger partial charge on any atom is 0.341 e. The van der Waals surface area contributed by atoms with Crippen molar-refractivity contribution in [1.82, 2.24) is 0 Å². The van der Waals surface area contributed by atoms with Crippen LogP contribution >= 0.6 is 11.3 Å². The smallest absolute Gasteiger partial charge is 0.341 e. The van der Waals surface area contributed by atoms with Gasteiger partial charge in [-0.15, -0.1) is 11.3 Å². The van der Waals surface area contributed by atoms with Crippen LogP contribution in [0.3, 0.4) is 0 Å². The first-order chi connectivity index (χ1) is 12.3. The van der Waals surface area contributed by atoms with Gasteiger partial charge in [0.1, 0.15) is 5.00 Å². The molecule has 140 valence electrons. The Morgan fingerprint density at radius 3 is 2.38 bits per heavy atom. The van der Waals surface area contributed by atoms with Crippen LogP contribution in [0, 0.1) is 11.8 Å². The molecule has 0 saturated heterocycles. The van der Waals surface area contributed by atoms with Crippen molar-refractivity contribution >= 4 is 34.2 Å². The van der Waals surface area contributed by atoms with Crippen molar-refractivity contribution in [1.29, 1.82) is 0 Å². The van der Waals surface area contributed by atoms with Gasteiger partial charge in [-0.2, -0.15) is 0 Å². The van der Waals surface area contributed by atoms with E-state index in [2.05, 4.69) is 5.32 Å². The van der Waals surface area contributed by atoms with Gasteiger partial charge in [0.25, 0.3) is 0 Å². The number of methoxy groups -OCH3 is 1. The molecular formula is C19H23NO5S. The zero-order valence-corrected chi connectivity index (χ0v) is 16.0. The number of hydrogen-bond donors (Lipinski definition) is 2. The van der Waals surface area contributed by atoms with Crippen LogP contribution in [0.5, 0.6) is 0 Å². The molecule has 1 aromatic heterocycles. The van der Waals surface area contributed by atoms with Gasteiger partial charge in [0.2, 0.25) is 5.91 Å². The summed E-state index contributed by atoms with van der Waals surface area (Å²) in [6.45, 7) is 3.85. The summed E-state index contributed by atoms with van der Waals surface area (Å²) in [4.78, 5) is 37.8. The van der Waals surface area contributed by atoms with Crippen LogP contribution in [0.1, 0.15) is 53.9 Å². The van der Waals surface area contributed by atoms with Crippen molar-refractivity contribution in [2.24, 2.45) is 11.8 Å². The number of fused-ring (bicyclic) bond motifs is 1. The Bertz CT molecular complexity index is 807. The summed E-state index contributed by atoms with van der Waals surface area (Å²) in [7, 11) is 1.32. The molecule has 2 aliphatic carbocycles. The van der Waals surface area contributed by atoms with Crippen molar-refractivity contribution in [3.63, 3.8) is 0 Å². The fourth-order valence-electron chi connectivity index (χ4n) is 3.84. The van der Waals surface area contributed by atoms with Gasteiger partial charge < -0.3 is 15.2 Å². The quantitative estimate of drug-likeness (QED) is 0.620. The van der Waals surface area contributed by atoms with Crippen molar-refractivity contribution in [2.75, 3.05) is 12.4 Å². The summed E-state index contributed by atoms with van der Waals surface area (Å²) in [5.74, 6) is -3.14. The van der Waals surface area contributed by atoms with Crippen LogP contribution in [-0.2, 0) is 27.2 Å². The molecule has 0 aliphatic heterocycles. The molecule has 2 N–H and O–H groups in total. The molecule has 1 aromatic rings. The van der Waals surface area contributed by atoms with Crippen LogP contribution < -0.4 is 5.32 Å². The number of allylic oxidation sites excluding steroid dienone is 2. The average molecular weight is 377 g/mol. The molecular weight excluding hydrogens is 354 g/mol. The number of carboxylic acids is 1. The number of carbonyl (C=O) groups excluding carboxylic acids is 2. The van der Waals surface area contributed by atoms with Crippen LogP contribution in [0.25, 0.3) is 0 Å². The second-order valence-corrected chi connectivity index (χ2v) is 8.17. The monoisotopic (exact) mass is 377 g/mol. The van der Waals surface area contributed by atoms with E-state index in [4.69, 9.17) is 4.74 Å². The van der Waals surface area contributed by atoms with E-state index >= 15 is 0 Å². The number of aryl methyl sites for hydroxylation is 1. The Labute approximate surface area is 156 Å². The van der Waals surface area contributed by atoms with Gasteiger partial charge in [-0.25, -0.2) is 4.79 Å². The lowest BCUT2D eigenvalue weighted by Crippen LogP contribution is -2.36. The van der Waals surface area contributed by atoms with Gasteiger partial charge in [-0.1, -0.05) is 11.1 Å². The lowest BCUT2D eigenvalue weighted by Gasteiger charge is -2.29. The van der Waals surface area contributed by atoms with E-state index in [-0.39, 0.29) is 5.91 Å². The molecule has 2 aliphatic rings. The van der Waals surface area contributed by atoms with Crippen LogP contribution in [0.4, 0.5) is 5.00 Å². The average Bonchev–Trinajstić information content (AvgIpc) is 3.16. The zero-order chi connectivity index (χ0) is 19.0. The Morgan fingerprint density at radius 2 is 1.77 bits per heavy atom. The fraction of sp³-hybridized carbons (Fsp3) is 0.526. The minimum absolute atomic E-state index is 0.339. The maximum absolute atomic E-state index is 12.9. The summed E-state index contributed by atoms with van der Waals surface area (Å²) in [5.41, 5.74) is 3.49. The Kier molecular flexibility index (Phi) is 5.18. The molecule has 0 spiro atoms. The van der Waals surface area contributed by atoms with E-state index in [0.717, 1.165) is 40.8 Å². The van der Waals surface area contributed by atoms with E-state index in [1.54, 1.807) is 0 Å². The highest BCUT2D eigenvalue weighted by molar-refractivity contribution is 7.17. The molecule has 1 amide bonds. The van der Waals surface area contributed by atoms with Crippen molar-refractivity contribution in [3.05, 3.63) is 27.2 Å². The molecule has 2 atom stereocenters. The van der Waals surface area contributed by atoms with E-state index in [1.807, 2.05) is 13.8 Å². The number of amides is 1. The SMILES string of the molecule is COC(=O)c1c(NC(=O)[C@@H]2CC(C)=C(C)C[C@@H]2C(=O)O)sc2c1CCC2. The third kappa shape index (κ3) is 3.28. The summed E-state index contributed by atoms with van der Waals surface area (Å²) < 4.78 is 4.89. The first-order valence-electron chi connectivity index (χ1n) is 8.75. The molecule has 7 heteroatoms. The summed E-state index contributed by atoms with van der Waals surface area (Å²) in [6, 6.07) is 0. The lowest BCUT2D eigenvalue weighted by atomic mass is 9.76. The van der Waals surface area contributed by atoms with Gasteiger partial charge in [0.05, 0.1) is 24.5 Å². The van der Waals surface area contributed by atoms with Gasteiger partial charge in [0, 0.05) is 4.88 Å². The molecule has 0 saturated carbocycles. The minimum Gasteiger partial charge on any atom is -0.481 e. The van der Waals surface area contributed by atoms with Gasteiger partial charge in [-0.3, -0.25) is 9.59 Å². The van der Waals surface area contributed by atoms with Gasteiger partial charge in [0.15, 0.2) is 0 Å². The lowest BCUT2D eigenvalue weighted by molar-refractivity contribution is -0.146. The standard InChI is InChI=1S/C19H23NO5S/c1-9-7-12(13(18(22)23)8-10(9)2)16(21)20-17-15(19(24)25-3)11-5-4-6-14(11)26-17/h12-13H,4-8H2,1-3H3,(H,20,21)(H,22,23)/t12-,13+/m1/s1.